The van der Waals surface area contributed by atoms with E-state index in [2.05, 4.69) is 27.7 Å². The molecule has 0 saturated carbocycles. The molecule has 4 unspecified atom stereocenters. The lowest BCUT2D eigenvalue weighted by Crippen LogP contribution is -2.31. The number of benzene rings is 2. The highest BCUT2D eigenvalue weighted by Gasteiger charge is 2.22. The van der Waals surface area contributed by atoms with Gasteiger partial charge in [0.15, 0.2) is 0 Å². The predicted octanol–water partition coefficient (Wildman–Crippen LogP) is 6.71. The van der Waals surface area contributed by atoms with Crippen LogP contribution in [-0.4, -0.2) is 23.7 Å². The van der Waals surface area contributed by atoms with Crippen LogP contribution in [-0.2, 0) is 0 Å². The molecule has 148 valence electrons. The Bertz CT molecular complexity index is 561. The van der Waals surface area contributed by atoms with E-state index in [0.29, 0.717) is 11.8 Å². The molecular formula is C24H34O2S. The van der Waals surface area contributed by atoms with Gasteiger partial charge in [0.05, 0.1) is 0 Å². The fourth-order valence-electron chi connectivity index (χ4n) is 2.80. The number of para-hydroxylation sites is 2. The van der Waals surface area contributed by atoms with Gasteiger partial charge >= 0.3 is 0 Å². The highest BCUT2D eigenvalue weighted by atomic mass is 32.2. The normalized spacial score (nSPS) is 15.6. The van der Waals surface area contributed by atoms with E-state index in [1.54, 1.807) is 0 Å². The molecule has 0 aliphatic heterocycles. The molecule has 2 aromatic carbocycles. The molecule has 0 spiro atoms. The minimum atomic E-state index is 0.219. The van der Waals surface area contributed by atoms with Crippen LogP contribution in [0, 0.1) is 11.8 Å². The summed E-state index contributed by atoms with van der Waals surface area (Å²) in [5, 5.41) is 0. The zero-order valence-corrected chi connectivity index (χ0v) is 18.0. The molecule has 2 rings (SSSR count). The maximum atomic E-state index is 6.29. The minimum absolute atomic E-state index is 0.219. The van der Waals surface area contributed by atoms with Crippen molar-refractivity contribution in [1.29, 1.82) is 0 Å². The molecule has 0 saturated heterocycles. The second kappa shape index (κ2) is 12.0. The molecule has 0 amide bonds. The van der Waals surface area contributed by atoms with Crippen molar-refractivity contribution in [2.75, 3.05) is 11.5 Å². The fourth-order valence-corrected chi connectivity index (χ4v) is 4.20. The van der Waals surface area contributed by atoms with E-state index >= 15 is 0 Å². The lowest BCUT2D eigenvalue weighted by molar-refractivity contribution is 0.157. The summed E-state index contributed by atoms with van der Waals surface area (Å²) in [6.45, 7) is 9.02. The average Bonchev–Trinajstić information content (AvgIpc) is 2.72. The highest BCUT2D eigenvalue weighted by Crippen LogP contribution is 2.24. The molecule has 2 nitrogen and oxygen atoms in total. The van der Waals surface area contributed by atoms with Crippen molar-refractivity contribution in [3.8, 4) is 11.5 Å². The molecule has 0 fully saturated rings. The maximum absolute atomic E-state index is 6.29. The zero-order chi connectivity index (χ0) is 19.5. The van der Waals surface area contributed by atoms with Crippen molar-refractivity contribution in [3.63, 3.8) is 0 Å². The molecule has 27 heavy (non-hydrogen) atoms. The van der Waals surface area contributed by atoms with E-state index in [9.17, 15) is 0 Å². The Kier molecular flexibility index (Phi) is 9.61. The number of thioether (sulfide) groups is 1. The topological polar surface area (TPSA) is 18.5 Å². The summed E-state index contributed by atoms with van der Waals surface area (Å²) in [4.78, 5) is 0. The summed E-state index contributed by atoms with van der Waals surface area (Å²) in [5.41, 5.74) is 0. The quantitative estimate of drug-likeness (QED) is 0.404. The molecule has 3 heteroatoms. The smallest absolute Gasteiger partial charge is 0.119 e. The van der Waals surface area contributed by atoms with Crippen molar-refractivity contribution < 1.29 is 9.47 Å². The molecule has 0 bridgehead atoms. The maximum Gasteiger partial charge on any atom is 0.119 e. The van der Waals surface area contributed by atoms with Gasteiger partial charge in [0.1, 0.15) is 23.7 Å². The van der Waals surface area contributed by atoms with Crippen LogP contribution in [0.25, 0.3) is 0 Å². The summed E-state index contributed by atoms with van der Waals surface area (Å²) in [7, 11) is 0. The van der Waals surface area contributed by atoms with Gasteiger partial charge in [0, 0.05) is 11.5 Å². The van der Waals surface area contributed by atoms with Crippen LogP contribution in [0.4, 0.5) is 0 Å². The monoisotopic (exact) mass is 386 g/mol. The van der Waals surface area contributed by atoms with Crippen molar-refractivity contribution in [1.82, 2.24) is 0 Å². The molecule has 0 radical (unpaired) electrons. The van der Waals surface area contributed by atoms with Crippen LogP contribution in [0.5, 0.6) is 11.5 Å². The number of rotatable bonds is 12. The summed E-state index contributed by atoms with van der Waals surface area (Å²) < 4.78 is 12.6. The first-order valence-electron chi connectivity index (χ1n) is 10.1. The van der Waals surface area contributed by atoms with Crippen LogP contribution in [0.1, 0.15) is 40.5 Å². The molecule has 0 heterocycles. The molecule has 0 aromatic heterocycles. The van der Waals surface area contributed by atoms with Gasteiger partial charge in [0.2, 0.25) is 0 Å². The van der Waals surface area contributed by atoms with Gasteiger partial charge in [0.25, 0.3) is 0 Å². The SMILES string of the molecule is CCC(C)C(CSCC(Oc1ccccc1)C(C)CC)Oc1ccccc1. The summed E-state index contributed by atoms with van der Waals surface area (Å²) >= 11 is 1.95. The Morgan fingerprint density at radius 3 is 1.37 bits per heavy atom. The van der Waals surface area contributed by atoms with E-state index < -0.39 is 0 Å². The molecular weight excluding hydrogens is 352 g/mol. The van der Waals surface area contributed by atoms with Crippen LogP contribution in [0.3, 0.4) is 0 Å². The second-order valence-corrected chi connectivity index (χ2v) is 8.32. The third-order valence-corrected chi connectivity index (χ3v) is 6.31. The van der Waals surface area contributed by atoms with Crippen LogP contribution in [0.15, 0.2) is 60.7 Å². The molecule has 0 aliphatic rings. The van der Waals surface area contributed by atoms with Gasteiger partial charge < -0.3 is 9.47 Å². The van der Waals surface area contributed by atoms with Crippen molar-refractivity contribution in [3.05, 3.63) is 60.7 Å². The van der Waals surface area contributed by atoms with E-state index in [4.69, 9.17) is 9.47 Å². The Morgan fingerprint density at radius 1 is 0.667 bits per heavy atom. The predicted molar refractivity (Wildman–Crippen MR) is 118 cm³/mol. The van der Waals surface area contributed by atoms with Crippen molar-refractivity contribution in [2.24, 2.45) is 11.8 Å². The van der Waals surface area contributed by atoms with Gasteiger partial charge in [-0.1, -0.05) is 76.9 Å². The second-order valence-electron chi connectivity index (χ2n) is 7.25. The third-order valence-electron chi connectivity index (χ3n) is 5.18. The molecule has 2 aromatic rings. The van der Waals surface area contributed by atoms with E-state index in [1.165, 1.54) is 0 Å². The number of hydrogen-bond acceptors (Lipinski definition) is 3. The molecule has 0 aliphatic carbocycles. The first-order chi connectivity index (χ1) is 13.1. The van der Waals surface area contributed by atoms with Crippen molar-refractivity contribution >= 4 is 11.8 Å². The molecule has 0 N–H and O–H groups in total. The number of hydrogen-bond donors (Lipinski definition) is 0. The standard InChI is InChI=1S/C24H34O2S/c1-5-19(3)23(25-21-13-9-7-10-14-21)17-27-18-24(20(4)6-2)26-22-15-11-8-12-16-22/h7-16,19-20,23-24H,5-6,17-18H2,1-4H3. The lowest BCUT2D eigenvalue weighted by atomic mass is 10.0. The van der Waals surface area contributed by atoms with E-state index in [0.717, 1.165) is 35.8 Å². The Hall–Kier alpha value is -1.61. The van der Waals surface area contributed by atoms with Crippen molar-refractivity contribution in [2.45, 2.75) is 52.7 Å². The van der Waals surface area contributed by atoms with Crippen LogP contribution < -0.4 is 9.47 Å². The lowest BCUT2D eigenvalue weighted by Gasteiger charge is -2.27. The van der Waals surface area contributed by atoms with Crippen LogP contribution >= 0.6 is 11.8 Å². The van der Waals surface area contributed by atoms with Gasteiger partial charge in [-0.3, -0.25) is 0 Å². The average molecular weight is 387 g/mol. The third kappa shape index (κ3) is 7.50. The Balaban J connectivity index is 1.92. The van der Waals surface area contributed by atoms with Gasteiger partial charge in [-0.2, -0.15) is 11.8 Å². The summed E-state index contributed by atoms with van der Waals surface area (Å²) in [5.74, 6) is 4.93. The van der Waals surface area contributed by atoms with Gasteiger partial charge in [-0.25, -0.2) is 0 Å². The highest BCUT2D eigenvalue weighted by molar-refractivity contribution is 7.99. The minimum Gasteiger partial charge on any atom is -0.489 e. The van der Waals surface area contributed by atoms with Crippen LogP contribution in [0.2, 0.25) is 0 Å². The first kappa shape index (κ1) is 21.7. The number of ether oxygens (including phenoxy) is 2. The van der Waals surface area contributed by atoms with Gasteiger partial charge in [-0.15, -0.1) is 0 Å². The fraction of sp³-hybridized carbons (Fsp3) is 0.500. The Labute approximate surface area is 169 Å². The molecule has 4 atom stereocenters. The first-order valence-corrected chi connectivity index (χ1v) is 11.3. The van der Waals surface area contributed by atoms with E-state index in [1.807, 2.05) is 72.4 Å². The van der Waals surface area contributed by atoms with E-state index in [-0.39, 0.29) is 12.2 Å². The summed E-state index contributed by atoms with van der Waals surface area (Å²) in [6.07, 6.45) is 2.68. The summed E-state index contributed by atoms with van der Waals surface area (Å²) in [6, 6.07) is 20.3. The Morgan fingerprint density at radius 2 is 1.04 bits per heavy atom. The largest absolute Gasteiger partial charge is 0.489 e. The van der Waals surface area contributed by atoms with Gasteiger partial charge in [-0.05, 0) is 36.1 Å². The zero-order valence-electron chi connectivity index (χ0n) is 17.1.